The quantitative estimate of drug-likeness (QED) is 0.0767. The van der Waals surface area contributed by atoms with Crippen molar-refractivity contribution in [3.8, 4) is 0 Å². The Morgan fingerprint density at radius 2 is 1.51 bits per heavy atom. The molecule has 4 aromatic rings. The molecule has 51 heavy (non-hydrogen) atoms. The van der Waals surface area contributed by atoms with Crippen LogP contribution in [0.2, 0.25) is 0 Å². The number of nitrogens with zero attached hydrogens (tertiary/aromatic N) is 3. The highest BCUT2D eigenvalue weighted by atomic mass is 32.1. The van der Waals surface area contributed by atoms with Crippen molar-refractivity contribution in [1.29, 1.82) is 0 Å². The van der Waals surface area contributed by atoms with E-state index in [9.17, 15) is 14.4 Å². The van der Waals surface area contributed by atoms with Crippen molar-refractivity contribution in [3.63, 3.8) is 0 Å². The predicted octanol–water partition coefficient (Wildman–Crippen LogP) is 6.41. The monoisotopic (exact) mass is 733 g/mol. The maximum absolute atomic E-state index is 14.0. The summed E-state index contributed by atoms with van der Waals surface area (Å²) in [6, 6.07) is 18.4. The maximum atomic E-state index is 14.0. The average molecular weight is 734 g/mol. The number of nitrogens with two attached hydrogens (primary N) is 1. The smallest absolute Gasteiger partial charge is 0.407 e. The van der Waals surface area contributed by atoms with Gasteiger partial charge in [-0.1, -0.05) is 74.5 Å². The topological polar surface area (TPSA) is 152 Å². The average Bonchev–Trinajstić information content (AvgIpc) is 3.83. The molecule has 4 rings (SSSR count). The first-order valence-corrected chi connectivity index (χ1v) is 19.3. The first-order chi connectivity index (χ1) is 24.7. The Kier molecular flexibility index (Phi) is 16.3. The van der Waals surface area contributed by atoms with Gasteiger partial charge in [-0.05, 0) is 62.6 Å². The SMILES string of the molecule is CC(C)c1nc(CN(C)C(=O)NC(CCCCN)C(=O)NC(CCC(Cc2ccccc2)NC(=O)OCc2cncs2)Cc2ccccc2)cs1. The van der Waals surface area contributed by atoms with Crippen LogP contribution >= 0.6 is 22.7 Å². The lowest BCUT2D eigenvalue weighted by molar-refractivity contribution is -0.124. The van der Waals surface area contributed by atoms with Crippen molar-refractivity contribution in [3.05, 3.63) is 104 Å². The van der Waals surface area contributed by atoms with Gasteiger partial charge in [0, 0.05) is 36.6 Å². The van der Waals surface area contributed by atoms with E-state index in [0.29, 0.717) is 57.5 Å². The summed E-state index contributed by atoms with van der Waals surface area (Å²) < 4.78 is 5.50. The molecule has 0 aliphatic heterocycles. The minimum atomic E-state index is -0.744. The zero-order valence-electron chi connectivity index (χ0n) is 29.8. The van der Waals surface area contributed by atoms with E-state index in [-0.39, 0.29) is 30.6 Å². The summed E-state index contributed by atoms with van der Waals surface area (Å²) in [6.07, 6.45) is 5.43. The van der Waals surface area contributed by atoms with Crippen LogP contribution in [0, 0.1) is 0 Å². The molecule has 274 valence electrons. The van der Waals surface area contributed by atoms with Crippen LogP contribution in [0.5, 0.6) is 0 Å². The van der Waals surface area contributed by atoms with Crippen molar-refractivity contribution < 1.29 is 19.1 Å². The van der Waals surface area contributed by atoms with E-state index in [4.69, 9.17) is 10.5 Å². The number of ether oxygens (including phenoxy) is 1. The number of rotatable bonds is 20. The molecule has 2 aromatic heterocycles. The van der Waals surface area contributed by atoms with E-state index < -0.39 is 12.1 Å². The second-order valence-electron chi connectivity index (χ2n) is 13.0. The van der Waals surface area contributed by atoms with Gasteiger partial charge in [0.2, 0.25) is 5.91 Å². The van der Waals surface area contributed by atoms with Crippen molar-refractivity contribution in [1.82, 2.24) is 30.8 Å². The molecule has 0 fully saturated rings. The summed E-state index contributed by atoms with van der Waals surface area (Å²) in [7, 11) is 1.71. The molecule has 0 spiro atoms. The van der Waals surface area contributed by atoms with Gasteiger partial charge in [-0.15, -0.1) is 22.7 Å². The lowest BCUT2D eigenvalue weighted by Crippen LogP contribution is -2.52. The summed E-state index contributed by atoms with van der Waals surface area (Å²) in [6.45, 7) is 5.17. The molecule has 0 saturated carbocycles. The molecule has 3 atom stereocenters. The van der Waals surface area contributed by atoms with Crippen LogP contribution in [0.3, 0.4) is 0 Å². The molecule has 0 aliphatic rings. The third-order valence-electron chi connectivity index (χ3n) is 8.38. The molecule has 2 heterocycles. The third-order valence-corrected chi connectivity index (χ3v) is 10.3. The number of urea groups is 1. The van der Waals surface area contributed by atoms with E-state index in [0.717, 1.165) is 33.1 Å². The zero-order valence-corrected chi connectivity index (χ0v) is 31.4. The fourth-order valence-electron chi connectivity index (χ4n) is 5.61. The van der Waals surface area contributed by atoms with Crippen molar-refractivity contribution in [2.24, 2.45) is 5.73 Å². The number of amides is 4. The number of nitrogens with one attached hydrogen (secondary N) is 3. The largest absolute Gasteiger partial charge is 0.444 e. The molecule has 13 heteroatoms. The van der Waals surface area contributed by atoms with Crippen molar-refractivity contribution >= 4 is 40.7 Å². The lowest BCUT2D eigenvalue weighted by atomic mass is 9.95. The number of thiazole rings is 2. The van der Waals surface area contributed by atoms with Gasteiger partial charge in [-0.2, -0.15) is 0 Å². The molecular formula is C38H51N7O4S2. The fraction of sp³-hybridized carbons (Fsp3) is 0.447. The van der Waals surface area contributed by atoms with Gasteiger partial charge < -0.3 is 31.3 Å². The van der Waals surface area contributed by atoms with E-state index in [1.165, 1.54) is 11.3 Å². The summed E-state index contributed by atoms with van der Waals surface area (Å²) in [4.78, 5) is 51.3. The van der Waals surface area contributed by atoms with Gasteiger partial charge in [0.15, 0.2) is 0 Å². The molecule has 0 saturated heterocycles. The first kappa shape index (κ1) is 39.5. The van der Waals surface area contributed by atoms with Crippen LogP contribution in [-0.2, 0) is 35.5 Å². The Labute approximate surface area is 309 Å². The molecule has 5 N–H and O–H groups in total. The van der Waals surface area contributed by atoms with E-state index in [1.54, 1.807) is 35.0 Å². The number of hydrogen-bond donors (Lipinski definition) is 4. The van der Waals surface area contributed by atoms with Crippen LogP contribution in [0.15, 0.2) is 77.8 Å². The van der Waals surface area contributed by atoms with Gasteiger partial charge in [0.05, 0.1) is 27.6 Å². The Morgan fingerprint density at radius 1 is 0.863 bits per heavy atom. The lowest BCUT2D eigenvalue weighted by Gasteiger charge is -2.27. The molecule has 4 amide bonds. The normalized spacial score (nSPS) is 12.9. The Balaban J connectivity index is 1.45. The predicted molar refractivity (Wildman–Crippen MR) is 204 cm³/mol. The van der Waals surface area contributed by atoms with Gasteiger partial charge in [-0.25, -0.2) is 14.6 Å². The number of alkyl carbamates (subject to hydrolysis) is 1. The van der Waals surface area contributed by atoms with Gasteiger partial charge in [0.1, 0.15) is 12.6 Å². The van der Waals surface area contributed by atoms with Crippen LogP contribution in [0.25, 0.3) is 0 Å². The van der Waals surface area contributed by atoms with Crippen molar-refractivity contribution in [2.45, 2.75) is 96.0 Å². The Hall–Kier alpha value is -4.33. The fourth-order valence-corrected chi connectivity index (χ4v) is 6.94. The van der Waals surface area contributed by atoms with Gasteiger partial charge in [0.25, 0.3) is 0 Å². The number of carbonyl (C=O) groups is 3. The minimum absolute atomic E-state index is 0.149. The summed E-state index contributed by atoms with van der Waals surface area (Å²) in [5.74, 6) is 0.0664. The van der Waals surface area contributed by atoms with Crippen LogP contribution < -0.4 is 21.7 Å². The number of hydrogen-bond acceptors (Lipinski definition) is 9. The minimum Gasteiger partial charge on any atom is -0.444 e. The highest BCUT2D eigenvalue weighted by Gasteiger charge is 2.26. The number of benzene rings is 2. The highest BCUT2D eigenvalue weighted by Crippen LogP contribution is 2.20. The molecule has 0 radical (unpaired) electrons. The second kappa shape index (κ2) is 21.1. The van der Waals surface area contributed by atoms with E-state index in [2.05, 4.69) is 39.8 Å². The van der Waals surface area contributed by atoms with E-state index >= 15 is 0 Å². The van der Waals surface area contributed by atoms with Gasteiger partial charge >= 0.3 is 12.1 Å². The summed E-state index contributed by atoms with van der Waals surface area (Å²) >= 11 is 3.01. The molecular weight excluding hydrogens is 683 g/mol. The molecule has 2 aromatic carbocycles. The van der Waals surface area contributed by atoms with Crippen molar-refractivity contribution in [2.75, 3.05) is 13.6 Å². The number of unbranched alkanes of at least 4 members (excludes halogenated alkanes) is 1. The van der Waals surface area contributed by atoms with Gasteiger partial charge in [-0.3, -0.25) is 9.78 Å². The molecule has 0 bridgehead atoms. The zero-order chi connectivity index (χ0) is 36.4. The Morgan fingerprint density at radius 3 is 2.08 bits per heavy atom. The maximum Gasteiger partial charge on any atom is 0.407 e. The number of carbonyl (C=O) groups excluding carboxylic acids is 3. The van der Waals surface area contributed by atoms with Crippen LogP contribution in [0.4, 0.5) is 9.59 Å². The number of aromatic nitrogens is 2. The van der Waals surface area contributed by atoms with E-state index in [1.807, 2.05) is 66.0 Å². The van der Waals surface area contributed by atoms with Crippen LogP contribution in [-0.4, -0.2) is 64.6 Å². The molecule has 0 aliphatic carbocycles. The molecule has 3 unspecified atom stereocenters. The highest BCUT2D eigenvalue weighted by molar-refractivity contribution is 7.09. The second-order valence-corrected chi connectivity index (χ2v) is 14.9. The molecule has 11 nitrogen and oxygen atoms in total. The Bertz CT molecular complexity index is 1600. The third kappa shape index (κ3) is 14.1. The standard InChI is InChI=1S/C38H51N7O4S2/c1-27(2)36-42-32(25-50-36)23-45(3)37(47)44-34(16-10-11-19-39)35(46)41-30(20-28-12-6-4-7-13-28)17-18-31(21-29-14-8-5-9-15-29)43-38(48)49-24-33-22-40-26-51-33/h4-9,12-15,22,25-27,30-31,34H,10-11,16-21,23-24,39H2,1-3H3,(H,41,46)(H,43,48)(H,44,47). The summed E-state index contributed by atoms with van der Waals surface area (Å²) in [5, 5.41) is 12.3. The first-order valence-electron chi connectivity index (χ1n) is 17.5. The summed E-state index contributed by atoms with van der Waals surface area (Å²) in [5.41, 5.74) is 10.5. The van der Waals surface area contributed by atoms with Crippen LogP contribution in [0.1, 0.15) is 78.6 Å².